The highest BCUT2D eigenvalue weighted by molar-refractivity contribution is 5.96. The number of carbonyl (C=O) groups excluding carboxylic acids is 1. The Balaban J connectivity index is 0.00000176. The van der Waals surface area contributed by atoms with Crippen molar-refractivity contribution in [3.05, 3.63) is 101 Å². The summed E-state index contributed by atoms with van der Waals surface area (Å²) in [6.07, 6.45) is 5.15. The van der Waals surface area contributed by atoms with Crippen molar-refractivity contribution in [2.45, 2.75) is 39.9 Å². The van der Waals surface area contributed by atoms with E-state index in [9.17, 15) is 18.0 Å². The summed E-state index contributed by atoms with van der Waals surface area (Å²) in [6, 6.07) is 10.8. The van der Waals surface area contributed by atoms with Gasteiger partial charge in [-0.05, 0) is 49.2 Å². The molecule has 1 aromatic carbocycles. The molecule has 1 aliphatic carbocycles. The molecule has 3 aromatic rings. The van der Waals surface area contributed by atoms with Gasteiger partial charge in [-0.3, -0.25) is 9.78 Å². The molecule has 4 rings (SSSR count). The number of carbonyl (C=O) groups is 1. The summed E-state index contributed by atoms with van der Waals surface area (Å²) in [5.41, 5.74) is 1.46. The lowest BCUT2D eigenvalue weighted by Gasteiger charge is -2.14. The fraction of sp³-hybridized carbons (Fsp3) is 0.222. The SMILES string of the molecule is CC.Cc1c(Oc2ccnc(NC3=CCC=C3)c2)cccc1C(=O)NCc1ccc(C(F)(F)F)nc1.[HH].[HH]. The fourth-order valence-electron chi connectivity index (χ4n) is 3.31. The molecule has 6 nitrogen and oxygen atoms in total. The van der Waals surface area contributed by atoms with Crippen molar-refractivity contribution < 1.29 is 25.6 Å². The number of anilines is 1. The zero-order valence-electron chi connectivity index (χ0n) is 20.2. The molecule has 0 aliphatic heterocycles. The van der Waals surface area contributed by atoms with Gasteiger partial charge in [-0.2, -0.15) is 13.2 Å². The van der Waals surface area contributed by atoms with Crippen LogP contribution in [-0.4, -0.2) is 15.9 Å². The number of ether oxygens (including phenoxy) is 1. The zero-order chi connectivity index (χ0) is 26.1. The minimum Gasteiger partial charge on any atom is -0.457 e. The second-order valence-corrected chi connectivity index (χ2v) is 7.56. The van der Waals surface area contributed by atoms with Gasteiger partial charge < -0.3 is 15.4 Å². The smallest absolute Gasteiger partial charge is 0.433 e. The minimum atomic E-state index is -4.50. The minimum absolute atomic E-state index is 0. The Kier molecular flexibility index (Phi) is 8.83. The van der Waals surface area contributed by atoms with Crippen LogP contribution in [0.1, 0.15) is 50.3 Å². The molecule has 0 radical (unpaired) electrons. The van der Waals surface area contributed by atoms with Gasteiger partial charge in [0, 0.05) is 44.7 Å². The van der Waals surface area contributed by atoms with Gasteiger partial charge in [0.2, 0.25) is 0 Å². The lowest BCUT2D eigenvalue weighted by Crippen LogP contribution is -2.24. The lowest BCUT2D eigenvalue weighted by molar-refractivity contribution is -0.141. The van der Waals surface area contributed by atoms with E-state index < -0.39 is 11.9 Å². The molecule has 192 valence electrons. The highest BCUT2D eigenvalue weighted by Crippen LogP contribution is 2.29. The van der Waals surface area contributed by atoms with Crippen molar-refractivity contribution in [3.63, 3.8) is 0 Å². The quantitative estimate of drug-likeness (QED) is 0.356. The summed E-state index contributed by atoms with van der Waals surface area (Å²) in [4.78, 5) is 20.4. The van der Waals surface area contributed by atoms with Gasteiger partial charge in [0.25, 0.3) is 5.91 Å². The normalized spacial score (nSPS) is 12.3. The van der Waals surface area contributed by atoms with E-state index in [0.717, 1.165) is 24.4 Å². The molecule has 2 N–H and O–H groups in total. The van der Waals surface area contributed by atoms with Gasteiger partial charge in [-0.1, -0.05) is 38.1 Å². The van der Waals surface area contributed by atoms with E-state index >= 15 is 0 Å². The Morgan fingerprint density at radius 1 is 1.14 bits per heavy atom. The van der Waals surface area contributed by atoms with Crippen molar-refractivity contribution in [1.29, 1.82) is 0 Å². The van der Waals surface area contributed by atoms with Crippen LogP contribution in [0, 0.1) is 6.92 Å². The number of rotatable bonds is 7. The predicted molar refractivity (Wildman–Crippen MR) is 137 cm³/mol. The molecule has 0 unspecified atom stereocenters. The number of aromatic nitrogens is 2. The third-order valence-corrected chi connectivity index (χ3v) is 5.10. The third kappa shape index (κ3) is 6.94. The molecule has 36 heavy (non-hydrogen) atoms. The fourth-order valence-corrected chi connectivity index (χ4v) is 3.31. The number of benzene rings is 1. The summed E-state index contributed by atoms with van der Waals surface area (Å²) in [7, 11) is 0. The number of allylic oxidation sites excluding steroid dienone is 3. The molecule has 0 saturated carbocycles. The van der Waals surface area contributed by atoms with Gasteiger partial charge in [-0.25, -0.2) is 4.98 Å². The van der Waals surface area contributed by atoms with E-state index in [0.29, 0.717) is 34.0 Å². The van der Waals surface area contributed by atoms with Crippen LogP contribution in [0.2, 0.25) is 0 Å². The van der Waals surface area contributed by atoms with Crippen LogP contribution in [0.3, 0.4) is 0 Å². The summed E-state index contributed by atoms with van der Waals surface area (Å²) in [5.74, 6) is 1.31. The number of hydrogen-bond donors (Lipinski definition) is 2. The molecule has 0 bridgehead atoms. The van der Waals surface area contributed by atoms with E-state index in [1.165, 1.54) is 6.07 Å². The van der Waals surface area contributed by atoms with Gasteiger partial charge >= 0.3 is 6.18 Å². The third-order valence-electron chi connectivity index (χ3n) is 5.10. The molecule has 2 aromatic heterocycles. The molecule has 0 atom stereocenters. The van der Waals surface area contributed by atoms with Crippen molar-refractivity contribution >= 4 is 11.7 Å². The molecule has 0 saturated heterocycles. The van der Waals surface area contributed by atoms with Gasteiger partial charge in [-0.15, -0.1) is 0 Å². The molecular formula is C27H31F3N4O2. The van der Waals surface area contributed by atoms with Crippen LogP contribution in [-0.2, 0) is 12.7 Å². The average molecular weight is 501 g/mol. The van der Waals surface area contributed by atoms with Crippen LogP contribution < -0.4 is 15.4 Å². The van der Waals surface area contributed by atoms with E-state index in [1.54, 1.807) is 43.5 Å². The number of alkyl halides is 3. The van der Waals surface area contributed by atoms with Crippen molar-refractivity contribution in [3.8, 4) is 11.5 Å². The summed E-state index contributed by atoms with van der Waals surface area (Å²) in [5, 5.41) is 5.91. The maximum absolute atomic E-state index is 12.7. The number of nitrogens with one attached hydrogen (secondary N) is 2. The number of amides is 1. The Bertz CT molecular complexity index is 1260. The number of halogens is 3. The summed E-state index contributed by atoms with van der Waals surface area (Å²) < 4.78 is 43.9. The first kappa shape index (κ1) is 26.5. The van der Waals surface area contributed by atoms with Crippen molar-refractivity contribution in [1.82, 2.24) is 15.3 Å². The van der Waals surface area contributed by atoms with Gasteiger partial charge in [0.1, 0.15) is 23.0 Å². The van der Waals surface area contributed by atoms with E-state index in [2.05, 4.69) is 20.6 Å². The van der Waals surface area contributed by atoms with E-state index in [-0.39, 0.29) is 15.3 Å². The average Bonchev–Trinajstić information content (AvgIpc) is 3.38. The molecule has 0 spiro atoms. The second-order valence-electron chi connectivity index (χ2n) is 7.56. The monoisotopic (exact) mass is 500 g/mol. The predicted octanol–water partition coefficient (Wildman–Crippen LogP) is 7.30. The number of pyridine rings is 2. The molecular weight excluding hydrogens is 469 g/mol. The maximum Gasteiger partial charge on any atom is 0.433 e. The van der Waals surface area contributed by atoms with Crippen LogP contribution in [0.25, 0.3) is 0 Å². The molecule has 2 heterocycles. The Hall–Kier alpha value is -4.14. The summed E-state index contributed by atoms with van der Waals surface area (Å²) >= 11 is 0. The first-order chi connectivity index (χ1) is 17.3. The maximum atomic E-state index is 12.7. The lowest BCUT2D eigenvalue weighted by atomic mass is 10.1. The highest BCUT2D eigenvalue weighted by atomic mass is 19.4. The topological polar surface area (TPSA) is 76.1 Å². The largest absolute Gasteiger partial charge is 0.457 e. The molecule has 9 heteroatoms. The van der Waals surface area contributed by atoms with Crippen molar-refractivity contribution in [2.75, 3.05) is 5.32 Å². The highest BCUT2D eigenvalue weighted by Gasteiger charge is 2.32. The first-order valence-electron chi connectivity index (χ1n) is 11.5. The van der Waals surface area contributed by atoms with Crippen LogP contribution in [0.5, 0.6) is 11.5 Å². The number of hydrogen-bond acceptors (Lipinski definition) is 5. The zero-order valence-corrected chi connectivity index (χ0v) is 20.2. The molecule has 1 aliphatic rings. The first-order valence-corrected chi connectivity index (χ1v) is 11.5. The van der Waals surface area contributed by atoms with Crippen LogP contribution >= 0.6 is 0 Å². The molecule has 1 amide bonds. The van der Waals surface area contributed by atoms with Crippen molar-refractivity contribution in [2.24, 2.45) is 0 Å². The van der Waals surface area contributed by atoms with Gasteiger partial charge in [0.05, 0.1) is 0 Å². The van der Waals surface area contributed by atoms with E-state index in [1.807, 2.05) is 32.1 Å². The van der Waals surface area contributed by atoms with Crippen LogP contribution in [0.4, 0.5) is 19.0 Å². The standard InChI is InChI=1S/C25H21F3N4O2.C2H6.2H2/c1-16-20(24(33)31-15-17-9-10-22(30-14-17)25(26,27)28)7-4-8-21(16)34-19-11-12-29-23(13-19)32-18-5-2-3-6-18;1-2;;/h2,4-14H,3,15H2,1H3,(H,29,32)(H,31,33);1-2H3;2*1H. The van der Waals surface area contributed by atoms with Gasteiger partial charge in [0.15, 0.2) is 0 Å². The Labute approximate surface area is 210 Å². The number of nitrogens with zero attached hydrogens (tertiary/aromatic N) is 2. The van der Waals surface area contributed by atoms with Crippen LogP contribution in [0.15, 0.2) is 78.8 Å². The Morgan fingerprint density at radius 2 is 1.94 bits per heavy atom. The second kappa shape index (κ2) is 12.0. The van der Waals surface area contributed by atoms with E-state index in [4.69, 9.17) is 4.74 Å². The summed E-state index contributed by atoms with van der Waals surface area (Å²) in [6.45, 7) is 5.80. The Morgan fingerprint density at radius 3 is 2.61 bits per heavy atom. The molecule has 0 fully saturated rings.